The highest BCUT2D eigenvalue weighted by molar-refractivity contribution is 5.50. The quantitative estimate of drug-likeness (QED) is 0.769. The number of anilines is 1. The summed E-state index contributed by atoms with van der Waals surface area (Å²) in [5, 5.41) is 0. The van der Waals surface area contributed by atoms with Crippen LogP contribution in [-0.2, 0) is 13.0 Å². The average molecular weight is 410 g/mol. The molecule has 0 radical (unpaired) electrons. The molecule has 2 fully saturated rings. The van der Waals surface area contributed by atoms with Gasteiger partial charge in [-0.05, 0) is 50.3 Å². The molecular weight excluding hydrogens is 377 g/mol. The van der Waals surface area contributed by atoms with E-state index in [0.29, 0.717) is 0 Å². The monoisotopic (exact) mass is 409 g/mol. The van der Waals surface area contributed by atoms with Gasteiger partial charge in [-0.15, -0.1) is 0 Å². The maximum atomic E-state index is 14.1. The van der Waals surface area contributed by atoms with Crippen LogP contribution >= 0.6 is 0 Å². The zero-order chi connectivity index (χ0) is 20.7. The minimum absolute atomic E-state index is 0.123. The standard InChI is InChI=1S/C24H32FN5/c1-17-20(7-4-8-22(17)25)18(2)30-10-9-21-23(15-30)26-16-27-24(21)29-13-11-28(12-14-29)19-5-3-6-19/h4,7-8,16,18-19H,3,5-6,9-15H2,1-2H3. The van der Waals surface area contributed by atoms with Gasteiger partial charge in [0.15, 0.2) is 0 Å². The van der Waals surface area contributed by atoms with Crippen molar-refractivity contribution in [3.05, 3.63) is 52.7 Å². The van der Waals surface area contributed by atoms with Crippen LogP contribution in [0.15, 0.2) is 24.5 Å². The van der Waals surface area contributed by atoms with Crippen molar-refractivity contribution >= 4 is 5.82 Å². The molecule has 2 aromatic rings. The molecule has 5 rings (SSSR count). The van der Waals surface area contributed by atoms with Crippen LogP contribution < -0.4 is 4.90 Å². The van der Waals surface area contributed by atoms with Crippen molar-refractivity contribution in [3.63, 3.8) is 0 Å². The number of hydrogen-bond acceptors (Lipinski definition) is 5. The SMILES string of the molecule is Cc1c(F)cccc1C(C)N1CCc2c(ncnc2N2CCN(C3CCC3)CC2)C1. The van der Waals surface area contributed by atoms with Gasteiger partial charge >= 0.3 is 0 Å². The first-order valence-corrected chi connectivity index (χ1v) is 11.4. The van der Waals surface area contributed by atoms with Crippen LogP contribution in [-0.4, -0.2) is 58.5 Å². The number of hydrogen-bond donors (Lipinski definition) is 0. The second-order valence-corrected chi connectivity index (χ2v) is 9.08. The Hall–Kier alpha value is -2.05. The highest BCUT2D eigenvalue weighted by Gasteiger charge is 2.31. The third kappa shape index (κ3) is 3.60. The molecule has 3 aliphatic rings. The average Bonchev–Trinajstić information content (AvgIpc) is 2.74. The highest BCUT2D eigenvalue weighted by Crippen LogP contribution is 2.33. The van der Waals surface area contributed by atoms with Crippen molar-refractivity contribution < 1.29 is 4.39 Å². The van der Waals surface area contributed by atoms with Crippen molar-refractivity contribution in [3.8, 4) is 0 Å². The fraction of sp³-hybridized carbons (Fsp3) is 0.583. The fourth-order valence-corrected chi connectivity index (χ4v) is 5.28. The summed E-state index contributed by atoms with van der Waals surface area (Å²) in [5.41, 5.74) is 4.27. The van der Waals surface area contributed by atoms with Crippen LogP contribution in [0.5, 0.6) is 0 Å². The summed E-state index contributed by atoms with van der Waals surface area (Å²) >= 11 is 0. The maximum absolute atomic E-state index is 14.1. The van der Waals surface area contributed by atoms with Gasteiger partial charge in [0, 0.05) is 56.9 Å². The van der Waals surface area contributed by atoms with E-state index in [-0.39, 0.29) is 11.9 Å². The van der Waals surface area contributed by atoms with Gasteiger partial charge in [-0.3, -0.25) is 9.80 Å². The van der Waals surface area contributed by atoms with Crippen molar-refractivity contribution in [2.24, 2.45) is 0 Å². The first kappa shape index (κ1) is 19.9. The molecule has 1 saturated heterocycles. The minimum atomic E-state index is -0.123. The molecule has 160 valence electrons. The molecule has 6 heteroatoms. The van der Waals surface area contributed by atoms with Gasteiger partial charge in [0.05, 0.1) is 5.69 Å². The number of nitrogens with zero attached hydrogens (tertiary/aromatic N) is 5. The van der Waals surface area contributed by atoms with E-state index in [1.54, 1.807) is 12.4 Å². The Bertz CT molecular complexity index is 904. The van der Waals surface area contributed by atoms with Crippen LogP contribution in [0.25, 0.3) is 0 Å². The normalized spacial score (nSPS) is 21.9. The number of piperazine rings is 1. The van der Waals surface area contributed by atoms with E-state index < -0.39 is 0 Å². The van der Waals surface area contributed by atoms with Gasteiger partial charge in [-0.2, -0.15) is 0 Å². The Morgan fingerprint density at radius 1 is 1.07 bits per heavy atom. The molecule has 1 aromatic heterocycles. The van der Waals surface area contributed by atoms with E-state index in [0.717, 1.165) is 74.4 Å². The summed E-state index contributed by atoms with van der Waals surface area (Å²) in [6.45, 7) is 10.2. The zero-order valence-electron chi connectivity index (χ0n) is 18.1. The number of halogens is 1. The van der Waals surface area contributed by atoms with Gasteiger partial charge in [0.2, 0.25) is 0 Å². The minimum Gasteiger partial charge on any atom is -0.354 e. The Morgan fingerprint density at radius 3 is 2.60 bits per heavy atom. The topological polar surface area (TPSA) is 35.5 Å². The number of aromatic nitrogens is 2. The van der Waals surface area contributed by atoms with E-state index in [1.807, 2.05) is 19.1 Å². The maximum Gasteiger partial charge on any atom is 0.135 e. The Balaban J connectivity index is 1.30. The lowest BCUT2D eigenvalue weighted by atomic mass is 9.91. The molecule has 3 heterocycles. The Morgan fingerprint density at radius 2 is 1.87 bits per heavy atom. The van der Waals surface area contributed by atoms with Gasteiger partial charge in [0.25, 0.3) is 0 Å². The molecule has 1 unspecified atom stereocenters. The smallest absolute Gasteiger partial charge is 0.135 e. The Labute approximate surface area is 178 Å². The second kappa shape index (κ2) is 8.23. The van der Waals surface area contributed by atoms with Gasteiger partial charge < -0.3 is 4.90 Å². The van der Waals surface area contributed by atoms with E-state index >= 15 is 0 Å². The lowest BCUT2D eigenvalue weighted by molar-refractivity contribution is 0.120. The lowest BCUT2D eigenvalue weighted by Crippen LogP contribution is -2.52. The lowest BCUT2D eigenvalue weighted by Gasteiger charge is -2.44. The Kier molecular flexibility index (Phi) is 5.46. The number of rotatable bonds is 4. The van der Waals surface area contributed by atoms with Gasteiger partial charge in [-0.1, -0.05) is 18.6 Å². The molecule has 0 amide bonds. The van der Waals surface area contributed by atoms with E-state index in [4.69, 9.17) is 4.98 Å². The first-order chi connectivity index (χ1) is 14.6. The molecule has 1 atom stereocenters. The van der Waals surface area contributed by atoms with E-state index in [2.05, 4.69) is 26.6 Å². The third-order valence-corrected chi connectivity index (χ3v) is 7.53. The van der Waals surface area contributed by atoms with Crippen LogP contribution in [0.3, 0.4) is 0 Å². The second-order valence-electron chi connectivity index (χ2n) is 9.08. The van der Waals surface area contributed by atoms with Crippen molar-refractivity contribution in [1.29, 1.82) is 0 Å². The van der Waals surface area contributed by atoms with Crippen molar-refractivity contribution in [2.75, 3.05) is 37.6 Å². The summed E-state index contributed by atoms with van der Waals surface area (Å²) in [4.78, 5) is 16.9. The summed E-state index contributed by atoms with van der Waals surface area (Å²) in [5.74, 6) is 1.02. The molecule has 30 heavy (non-hydrogen) atoms. The van der Waals surface area contributed by atoms with Crippen molar-refractivity contribution in [1.82, 2.24) is 19.8 Å². The molecule has 0 bridgehead atoms. The molecule has 0 N–H and O–H groups in total. The molecule has 1 aromatic carbocycles. The molecular formula is C24H32FN5. The molecule has 1 aliphatic carbocycles. The summed E-state index contributed by atoms with van der Waals surface area (Å²) in [6, 6.07) is 6.40. The highest BCUT2D eigenvalue weighted by atomic mass is 19.1. The van der Waals surface area contributed by atoms with Crippen LogP contribution in [0.1, 0.15) is 54.6 Å². The van der Waals surface area contributed by atoms with Crippen LogP contribution in [0.4, 0.5) is 10.2 Å². The molecule has 2 aliphatic heterocycles. The molecule has 5 nitrogen and oxygen atoms in total. The number of benzene rings is 1. The van der Waals surface area contributed by atoms with E-state index in [9.17, 15) is 4.39 Å². The molecule has 0 spiro atoms. The predicted octanol–water partition coefficient (Wildman–Crippen LogP) is 3.72. The fourth-order valence-electron chi connectivity index (χ4n) is 5.28. The van der Waals surface area contributed by atoms with Crippen molar-refractivity contribution in [2.45, 2.75) is 58.2 Å². The van der Waals surface area contributed by atoms with Crippen LogP contribution in [0, 0.1) is 12.7 Å². The largest absolute Gasteiger partial charge is 0.354 e. The zero-order valence-corrected chi connectivity index (χ0v) is 18.1. The summed E-state index contributed by atoms with van der Waals surface area (Å²) in [7, 11) is 0. The third-order valence-electron chi connectivity index (χ3n) is 7.53. The van der Waals surface area contributed by atoms with Gasteiger partial charge in [-0.25, -0.2) is 14.4 Å². The predicted molar refractivity (Wildman–Crippen MR) is 117 cm³/mol. The number of fused-ring (bicyclic) bond motifs is 1. The summed E-state index contributed by atoms with van der Waals surface area (Å²) < 4.78 is 14.1. The van der Waals surface area contributed by atoms with E-state index in [1.165, 1.54) is 24.8 Å². The first-order valence-electron chi connectivity index (χ1n) is 11.4. The summed E-state index contributed by atoms with van der Waals surface area (Å²) in [6.07, 6.45) is 6.83. The van der Waals surface area contributed by atoms with Gasteiger partial charge in [0.1, 0.15) is 18.0 Å². The molecule has 1 saturated carbocycles. The van der Waals surface area contributed by atoms with Crippen LogP contribution in [0.2, 0.25) is 0 Å².